The van der Waals surface area contributed by atoms with Crippen LogP contribution in [0.4, 0.5) is 0 Å². The number of aryl methyl sites for hydroxylation is 1. The molecule has 0 atom stereocenters. The summed E-state index contributed by atoms with van der Waals surface area (Å²) in [6.07, 6.45) is 4.33. The van der Waals surface area contributed by atoms with Crippen LogP contribution in [0.25, 0.3) is 11.4 Å². The molecule has 10 nitrogen and oxygen atoms in total. The van der Waals surface area contributed by atoms with Crippen LogP contribution in [0.15, 0.2) is 28.8 Å². The van der Waals surface area contributed by atoms with Gasteiger partial charge in [-0.3, -0.25) is 4.79 Å². The standard InChI is InChI=1S/C20H29N5O5S/c1-29-17-8-6-15(7-9-17)19-23-18(30-24-19)5-3-2-4-12-22-20(26)16-10-13-25(14-11-16)31(21,27)28/h6-9,16H,2-5,10-14H2,1H3,(H,22,26)(H2,21,27,28). The van der Waals surface area contributed by atoms with Gasteiger partial charge in [0.05, 0.1) is 7.11 Å². The van der Waals surface area contributed by atoms with Crippen LogP contribution in [0.5, 0.6) is 5.75 Å². The number of piperidine rings is 1. The molecule has 31 heavy (non-hydrogen) atoms. The number of unbranched alkanes of at least 4 members (excludes halogenated alkanes) is 2. The highest BCUT2D eigenvalue weighted by Gasteiger charge is 2.28. The van der Waals surface area contributed by atoms with Gasteiger partial charge in [0, 0.05) is 37.5 Å². The van der Waals surface area contributed by atoms with Gasteiger partial charge in [-0.25, -0.2) is 5.14 Å². The number of aromatic nitrogens is 2. The van der Waals surface area contributed by atoms with E-state index in [1.807, 2.05) is 24.3 Å². The van der Waals surface area contributed by atoms with Gasteiger partial charge in [-0.15, -0.1) is 0 Å². The number of carbonyl (C=O) groups is 1. The van der Waals surface area contributed by atoms with Crippen LogP contribution < -0.4 is 15.2 Å². The van der Waals surface area contributed by atoms with Gasteiger partial charge in [-0.05, 0) is 49.9 Å². The summed E-state index contributed by atoms with van der Waals surface area (Å²) < 4.78 is 34.3. The molecule has 1 saturated heterocycles. The van der Waals surface area contributed by atoms with Crippen LogP contribution in [0.1, 0.15) is 38.0 Å². The second kappa shape index (κ2) is 10.7. The maximum atomic E-state index is 12.2. The van der Waals surface area contributed by atoms with Crippen molar-refractivity contribution >= 4 is 16.1 Å². The highest BCUT2D eigenvalue weighted by molar-refractivity contribution is 7.86. The first-order valence-corrected chi connectivity index (χ1v) is 11.9. The monoisotopic (exact) mass is 451 g/mol. The Morgan fingerprint density at radius 3 is 2.58 bits per heavy atom. The minimum Gasteiger partial charge on any atom is -0.497 e. The fourth-order valence-corrected chi connectivity index (χ4v) is 4.24. The molecule has 170 valence electrons. The number of hydrogen-bond donors (Lipinski definition) is 2. The third kappa shape index (κ3) is 6.74. The number of methoxy groups -OCH3 is 1. The van der Waals surface area contributed by atoms with E-state index >= 15 is 0 Å². The Hall–Kier alpha value is -2.50. The van der Waals surface area contributed by atoms with E-state index in [0.717, 1.165) is 30.6 Å². The second-order valence-electron chi connectivity index (χ2n) is 7.56. The molecule has 3 rings (SSSR count). The number of rotatable bonds is 10. The topological polar surface area (TPSA) is 141 Å². The molecule has 0 saturated carbocycles. The first-order valence-electron chi connectivity index (χ1n) is 10.4. The first-order chi connectivity index (χ1) is 14.9. The summed E-state index contributed by atoms with van der Waals surface area (Å²) in [7, 11) is -2.04. The highest BCUT2D eigenvalue weighted by atomic mass is 32.2. The van der Waals surface area contributed by atoms with Crippen molar-refractivity contribution in [3.05, 3.63) is 30.2 Å². The van der Waals surface area contributed by atoms with Gasteiger partial charge in [0.2, 0.25) is 17.6 Å². The van der Waals surface area contributed by atoms with Crippen molar-refractivity contribution in [1.29, 1.82) is 0 Å². The molecule has 1 aromatic carbocycles. The average molecular weight is 452 g/mol. The molecule has 0 bridgehead atoms. The van der Waals surface area contributed by atoms with Gasteiger partial charge in [0.15, 0.2) is 0 Å². The molecule has 1 aliphatic rings. The van der Waals surface area contributed by atoms with Crippen molar-refractivity contribution in [1.82, 2.24) is 19.8 Å². The number of carbonyl (C=O) groups excluding carboxylic acids is 1. The van der Waals surface area contributed by atoms with E-state index in [0.29, 0.717) is 50.6 Å². The fraction of sp³-hybridized carbons (Fsp3) is 0.550. The zero-order valence-electron chi connectivity index (χ0n) is 17.6. The van der Waals surface area contributed by atoms with E-state index in [1.165, 1.54) is 4.31 Å². The summed E-state index contributed by atoms with van der Waals surface area (Å²) in [6, 6.07) is 7.47. The molecule has 0 spiro atoms. The SMILES string of the molecule is COc1ccc(-c2noc(CCCCCNC(=O)C3CCN(S(N)(=O)=O)CC3)n2)cc1. The quantitative estimate of drug-likeness (QED) is 0.521. The lowest BCUT2D eigenvalue weighted by molar-refractivity contribution is -0.126. The van der Waals surface area contributed by atoms with Gasteiger partial charge >= 0.3 is 0 Å². The van der Waals surface area contributed by atoms with Crippen LogP contribution in [-0.4, -0.2) is 55.5 Å². The van der Waals surface area contributed by atoms with Gasteiger partial charge in [0.1, 0.15) is 5.75 Å². The van der Waals surface area contributed by atoms with Crippen molar-refractivity contribution in [2.45, 2.75) is 38.5 Å². The Kier molecular flexibility index (Phi) is 7.99. The number of hydrogen-bond acceptors (Lipinski definition) is 7. The molecule has 3 N–H and O–H groups in total. The predicted molar refractivity (Wildman–Crippen MR) is 114 cm³/mol. The normalized spacial score (nSPS) is 15.7. The van der Waals surface area contributed by atoms with Crippen LogP contribution in [0.2, 0.25) is 0 Å². The molecule has 0 radical (unpaired) electrons. The lowest BCUT2D eigenvalue weighted by atomic mass is 9.97. The Morgan fingerprint density at radius 1 is 1.23 bits per heavy atom. The molecule has 1 fully saturated rings. The zero-order valence-corrected chi connectivity index (χ0v) is 18.4. The molecule has 0 aliphatic carbocycles. The molecule has 0 unspecified atom stereocenters. The van der Waals surface area contributed by atoms with Crippen molar-refractivity contribution in [2.24, 2.45) is 11.1 Å². The number of nitrogens with zero attached hydrogens (tertiary/aromatic N) is 3. The van der Waals surface area contributed by atoms with Crippen molar-refractivity contribution in [3.63, 3.8) is 0 Å². The molecule has 11 heteroatoms. The molecule has 1 aliphatic heterocycles. The third-order valence-corrected chi connectivity index (χ3v) is 6.45. The van der Waals surface area contributed by atoms with Gasteiger partial charge in [-0.2, -0.15) is 17.7 Å². The van der Waals surface area contributed by atoms with Crippen molar-refractivity contribution in [2.75, 3.05) is 26.7 Å². The Morgan fingerprint density at radius 2 is 1.94 bits per heavy atom. The smallest absolute Gasteiger partial charge is 0.276 e. The van der Waals surface area contributed by atoms with E-state index in [-0.39, 0.29) is 11.8 Å². The number of nitrogens with two attached hydrogens (primary N) is 1. The fourth-order valence-electron chi connectivity index (χ4n) is 3.52. The van der Waals surface area contributed by atoms with E-state index in [1.54, 1.807) is 7.11 Å². The highest BCUT2D eigenvalue weighted by Crippen LogP contribution is 2.20. The van der Waals surface area contributed by atoms with E-state index in [9.17, 15) is 13.2 Å². The minimum absolute atomic E-state index is 0.0184. The average Bonchev–Trinajstić information content (AvgIpc) is 3.24. The number of benzene rings is 1. The van der Waals surface area contributed by atoms with Crippen LogP contribution in [-0.2, 0) is 21.4 Å². The summed E-state index contributed by atoms with van der Waals surface area (Å²) in [5.74, 6) is 1.74. The largest absolute Gasteiger partial charge is 0.497 e. The molecular formula is C20H29N5O5S. The summed E-state index contributed by atoms with van der Waals surface area (Å²) in [5, 5.41) is 12.1. The Bertz CT molecular complexity index is 953. The van der Waals surface area contributed by atoms with Crippen molar-refractivity contribution in [3.8, 4) is 17.1 Å². The van der Waals surface area contributed by atoms with Gasteiger partial charge in [0.25, 0.3) is 10.2 Å². The lowest BCUT2D eigenvalue weighted by Crippen LogP contribution is -2.45. The Labute approximate surface area is 182 Å². The summed E-state index contributed by atoms with van der Waals surface area (Å²) in [4.78, 5) is 16.7. The summed E-state index contributed by atoms with van der Waals surface area (Å²) >= 11 is 0. The van der Waals surface area contributed by atoms with Crippen LogP contribution >= 0.6 is 0 Å². The maximum absolute atomic E-state index is 12.2. The van der Waals surface area contributed by atoms with Gasteiger partial charge in [-0.1, -0.05) is 11.6 Å². The second-order valence-corrected chi connectivity index (χ2v) is 9.11. The zero-order chi connectivity index (χ0) is 22.3. The van der Waals surface area contributed by atoms with Crippen LogP contribution in [0, 0.1) is 5.92 Å². The van der Waals surface area contributed by atoms with Crippen LogP contribution in [0.3, 0.4) is 0 Å². The lowest BCUT2D eigenvalue weighted by Gasteiger charge is -2.29. The van der Waals surface area contributed by atoms with E-state index in [2.05, 4.69) is 15.5 Å². The maximum Gasteiger partial charge on any atom is 0.276 e. The number of ether oxygens (including phenoxy) is 1. The van der Waals surface area contributed by atoms with E-state index in [4.69, 9.17) is 14.4 Å². The Balaban J connectivity index is 1.30. The molecule has 2 aromatic rings. The summed E-state index contributed by atoms with van der Waals surface area (Å²) in [6.45, 7) is 1.17. The van der Waals surface area contributed by atoms with Crippen molar-refractivity contribution < 1.29 is 22.5 Å². The van der Waals surface area contributed by atoms with E-state index < -0.39 is 10.2 Å². The molecule has 1 amide bonds. The molecular weight excluding hydrogens is 422 g/mol. The number of amides is 1. The third-order valence-electron chi connectivity index (χ3n) is 5.37. The summed E-state index contributed by atoms with van der Waals surface area (Å²) in [5.41, 5.74) is 0.869. The predicted octanol–water partition coefficient (Wildman–Crippen LogP) is 1.49. The number of nitrogens with one attached hydrogen (secondary N) is 1. The molecule has 2 heterocycles. The minimum atomic E-state index is -3.66. The molecule has 1 aromatic heterocycles. The van der Waals surface area contributed by atoms with Gasteiger partial charge < -0.3 is 14.6 Å². The first kappa shape index (κ1) is 23.2.